The summed E-state index contributed by atoms with van der Waals surface area (Å²) in [5.41, 5.74) is 10.7. The van der Waals surface area contributed by atoms with E-state index in [1.54, 1.807) is 67.2 Å². The summed E-state index contributed by atoms with van der Waals surface area (Å²) in [6.45, 7) is -2.41. The first kappa shape index (κ1) is 72.5. The number of aromatic nitrogens is 2. The van der Waals surface area contributed by atoms with Gasteiger partial charge in [-0.2, -0.15) is 0 Å². The number of unbranched alkanes of at least 4 members (excludes halogenated alkanes) is 1. The average molecular weight is 1280 g/mol. The number of amides is 7. The zero-order valence-electron chi connectivity index (χ0n) is 46.4. The Bertz CT molecular complexity index is 2710. The molecule has 5 atom stereocenters. The second-order valence-corrected chi connectivity index (χ2v) is 18.4. The first-order chi connectivity index (χ1) is 40.6. The molecule has 0 saturated carbocycles. The van der Waals surface area contributed by atoms with Gasteiger partial charge in [0.1, 0.15) is 30.2 Å². The molecule has 0 spiro atoms. The van der Waals surface area contributed by atoms with Crippen LogP contribution in [0.3, 0.4) is 0 Å². The van der Waals surface area contributed by atoms with E-state index in [0.717, 1.165) is 0 Å². The predicted octanol–water partition coefficient (Wildman–Crippen LogP) is -3.82. The van der Waals surface area contributed by atoms with Crippen LogP contribution < -0.4 is 52.1 Å². The smallest absolute Gasteiger partial charge is 0.305 e. The number of pyridine rings is 2. The van der Waals surface area contributed by atoms with Crippen LogP contribution >= 0.6 is 0 Å². The molecule has 33 nitrogen and oxygen atoms in total. The SMILES string of the molecule is COOCCC(NC(=O)c1ccncc1)C(=O)OC.NC(N)=NCCC[C@@H]1NC(=O)C(CCCCNC(=O)c2ccc(N=[N+]=[Tc])nc2)NC(=O)[C@@H](Cc2ccccc2)NC(=O)[C@H](CC(=O)O)NC(=O)CNC1=O.O=C(O)C[N-]C(CO)(CO)CO. The van der Waals surface area contributed by atoms with Crippen molar-refractivity contribution < 1.29 is 107 Å². The van der Waals surface area contributed by atoms with E-state index in [-0.39, 0.29) is 69.6 Å². The topological polar surface area (TPSA) is 514 Å². The number of carboxylic acids is 2. The van der Waals surface area contributed by atoms with Crippen molar-refractivity contribution >= 4 is 71.0 Å². The second-order valence-electron chi connectivity index (χ2n) is 18.1. The molecular weight excluding hydrogens is 1210 g/mol. The average Bonchev–Trinajstić information content (AvgIpc) is 3.75. The number of ether oxygens (including phenoxy) is 1. The van der Waals surface area contributed by atoms with Gasteiger partial charge in [-0.3, -0.25) is 48.3 Å². The van der Waals surface area contributed by atoms with Gasteiger partial charge < -0.3 is 79.0 Å². The summed E-state index contributed by atoms with van der Waals surface area (Å²) in [6.07, 6.45) is 4.79. The maximum absolute atomic E-state index is 13.9. The summed E-state index contributed by atoms with van der Waals surface area (Å²) in [5, 5.41) is 68.9. The van der Waals surface area contributed by atoms with Crippen molar-refractivity contribution in [3.63, 3.8) is 0 Å². The molecule has 1 saturated heterocycles. The molecule has 1 aliphatic heterocycles. The number of aliphatic hydroxyl groups excluding tert-OH is 3. The van der Waals surface area contributed by atoms with Gasteiger partial charge in [0.15, 0.2) is 5.96 Å². The number of esters is 1. The largest absolute Gasteiger partial charge is 0.642 e. The zero-order valence-corrected chi connectivity index (χ0v) is 48.2. The van der Waals surface area contributed by atoms with Crippen LogP contribution in [0.4, 0.5) is 5.82 Å². The van der Waals surface area contributed by atoms with Gasteiger partial charge in [-0.15, -0.1) is 0 Å². The Balaban J connectivity index is 0.000000644. The number of aliphatic imine (C=N–C) groups is 1. The fraction of sp³-hybridized carbons (Fsp3) is 0.471. The second kappa shape index (κ2) is 40.6. The van der Waals surface area contributed by atoms with Crippen molar-refractivity contribution in [2.45, 2.75) is 87.1 Å². The van der Waals surface area contributed by atoms with Gasteiger partial charge in [0, 0.05) is 57.2 Å². The minimum Gasteiger partial charge on any atom is -0.642 e. The number of nitrogens with one attached hydrogen (secondary N) is 7. The Hall–Kier alpha value is -8.59. The minimum absolute atomic E-state index is 0.0394. The molecule has 16 N–H and O–H groups in total. The number of benzene rings is 1. The van der Waals surface area contributed by atoms with Crippen molar-refractivity contribution in [2.75, 3.05) is 66.8 Å². The Kier molecular flexibility index (Phi) is 34.6. The molecule has 7 amide bonds. The summed E-state index contributed by atoms with van der Waals surface area (Å²) < 4.78 is 8.22. The van der Waals surface area contributed by atoms with Crippen LogP contribution in [0.1, 0.15) is 71.2 Å². The molecule has 0 aliphatic carbocycles. The van der Waals surface area contributed by atoms with E-state index in [0.29, 0.717) is 35.3 Å². The van der Waals surface area contributed by atoms with E-state index in [2.05, 4.69) is 80.5 Å². The van der Waals surface area contributed by atoms with E-state index in [1.165, 1.54) is 38.9 Å². The first-order valence-corrected chi connectivity index (χ1v) is 26.7. The molecule has 85 heavy (non-hydrogen) atoms. The Labute approximate surface area is 497 Å². The summed E-state index contributed by atoms with van der Waals surface area (Å²) in [7, 11) is 2.62. The normalized spacial score (nSPS) is 16.6. The van der Waals surface area contributed by atoms with Crippen LogP contribution in [0.2, 0.25) is 0 Å². The molecule has 0 radical (unpaired) electrons. The zero-order chi connectivity index (χ0) is 63.2. The summed E-state index contributed by atoms with van der Waals surface area (Å²) in [5.74, 6) is -7.81. The number of nitrogens with zero attached hydrogens (tertiary/aromatic N) is 6. The van der Waals surface area contributed by atoms with Crippen LogP contribution in [0.25, 0.3) is 5.32 Å². The fourth-order valence-electron chi connectivity index (χ4n) is 7.15. The van der Waals surface area contributed by atoms with Gasteiger partial charge in [0.25, 0.3) is 11.9 Å². The Morgan fingerprint density at radius 2 is 1.41 bits per heavy atom. The number of methoxy groups -OCH3 is 1. The number of carboxylic acid groups (broad SMARTS) is 2. The van der Waals surface area contributed by atoms with Crippen LogP contribution in [0.15, 0.2) is 83.3 Å². The van der Waals surface area contributed by atoms with Gasteiger partial charge in [-0.25, -0.2) is 14.6 Å². The molecule has 0 bridgehead atoms. The van der Waals surface area contributed by atoms with Crippen molar-refractivity contribution in [3.05, 3.63) is 95.2 Å². The number of aliphatic carboxylic acids is 2. The fourth-order valence-corrected chi connectivity index (χ4v) is 7.34. The number of nitrogens with two attached hydrogens (primary N) is 2. The number of hydrogen-bond donors (Lipinski definition) is 14. The third-order valence-electron chi connectivity index (χ3n) is 11.7. The summed E-state index contributed by atoms with van der Waals surface area (Å²) >= 11 is 1.71. The molecule has 4 rings (SSSR count). The molecule has 1 aliphatic rings. The van der Waals surface area contributed by atoms with Crippen molar-refractivity contribution in [3.8, 4) is 0 Å². The van der Waals surface area contributed by atoms with Crippen LogP contribution in [0, 0.1) is 0 Å². The summed E-state index contributed by atoms with van der Waals surface area (Å²) in [6, 6.07) is 8.72. The van der Waals surface area contributed by atoms with Gasteiger partial charge in [-0.1, -0.05) is 35.9 Å². The number of carbonyl (C=O) groups excluding carboxylic acids is 8. The first-order valence-electron chi connectivity index (χ1n) is 25.9. The number of carbonyl (C=O) groups is 10. The number of rotatable bonds is 28. The maximum atomic E-state index is 13.9. The molecule has 1 fully saturated rings. The third-order valence-corrected chi connectivity index (χ3v) is 11.9. The molecule has 3 aromatic rings. The molecule has 2 aromatic heterocycles. The van der Waals surface area contributed by atoms with Crippen LogP contribution in [-0.2, 0) is 78.0 Å². The van der Waals surface area contributed by atoms with Gasteiger partial charge >= 0.3 is 116 Å². The summed E-state index contributed by atoms with van der Waals surface area (Å²) in [4.78, 5) is 146. The quantitative estimate of drug-likeness (QED) is 0.00484. The van der Waals surface area contributed by atoms with Crippen molar-refractivity contribution in [1.82, 2.24) is 50.6 Å². The maximum Gasteiger partial charge on any atom is 0.305 e. The number of aliphatic hydroxyl groups is 3. The van der Waals surface area contributed by atoms with Crippen molar-refractivity contribution in [1.29, 1.82) is 0 Å². The third kappa shape index (κ3) is 29.0. The monoisotopic (exact) mass is 1280 g/mol. The Morgan fingerprint density at radius 3 is 1.99 bits per heavy atom. The molecule has 3 heterocycles. The molecule has 2 unspecified atom stereocenters. The van der Waals surface area contributed by atoms with E-state index < -0.39 is 123 Å². The number of guanidine groups is 1. The molecular formula is C51H71N15O18Tc. The van der Waals surface area contributed by atoms with Crippen LogP contribution in [0.5, 0.6) is 0 Å². The van der Waals surface area contributed by atoms with Gasteiger partial charge in [0.05, 0.1) is 33.8 Å². The standard InChI is InChI=1S/C33H43N12O8.C12H16N2O5.C6H12NO5.Tc/c34-33(35)38-14-6-10-21-29(50)40-18-26(46)41-24(16-27(47)48)32(53)44-23(15-19-7-2-1-3-8-19)31(52)43-22(30(51)42-21)9-4-5-13-37-28(49)20-11-12-25(45-36)39-17-20;1-17-12(16)10(5-8-19-18-2)14-11(15)9-3-6-13-7-4-9;8-2-6(3-9,4-10)7-1-5(11)12;/h1-3,7-8,11-12,17,21-24H,4-6,9-10,13-16,18H2,(H,37,49)(H,40,50)(H,41,46)(H,42,51)(H,43,52)(H,44,53)(H,47,48)(H4,34,35,38);3-4,6-7,10H,5,8H2,1-2H3,(H,14,15);8-10H,1-4H2,(H,11,12);/q-1;;-1;+2/t21-,22?,23+,24-;;;/m0.../s1. The molecule has 34 heteroatoms. The predicted molar refractivity (Wildman–Crippen MR) is 293 cm³/mol. The Morgan fingerprint density at radius 1 is 0.788 bits per heavy atom. The van der Waals surface area contributed by atoms with Crippen LogP contribution in [-0.4, -0.2) is 203 Å². The van der Waals surface area contributed by atoms with Gasteiger partial charge in [-0.05, 0) is 37.1 Å². The minimum atomic E-state index is -1.60. The van der Waals surface area contributed by atoms with Crippen molar-refractivity contribution in [2.24, 2.45) is 21.6 Å². The van der Waals surface area contributed by atoms with E-state index >= 15 is 0 Å². The van der Waals surface area contributed by atoms with Gasteiger partial charge in [0.2, 0.25) is 29.5 Å². The van der Waals surface area contributed by atoms with E-state index in [4.69, 9.17) is 31.9 Å². The molecule has 1 aromatic carbocycles. The molecule has 465 valence electrons. The van der Waals surface area contributed by atoms with E-state index in [9.17, 15) is 53.1 Å². The number of hydrogen-bond acceptors (Lipinski definition) is 20. The van der Waals surface area contributed by atoms with E-state index in [1.807, 2.05) is 0 Å².